The van der Waals surface area contributed by atoms with E-state index >= 15 is 0 Å². The van der Waals surface area contributed by atoms with Crippen molar-refractivity contribution in [1.29, 1.82) is 0 Å². The van der Waals surface area contributed by atoms with Gasteiger partial charge in [0, 0.05) is 6.04 Å². The Kier molecular flexibility index (Phi) is 5.52. The van der Waals surface area contributed by atoms with E-state index in [0.29, 0.717) is 6.54 Å². The lowest BCUT2D eigenvalue weighted by molar-refractivity contribution is -0.141. The molecule has 0 radical (unpaired) electrons. The minimum atomic E-state index is -4.23. The van der Waals surface area contributed by atoms with Crippen LogP contribution in [-0.4, -0.2) is 31.2 Å². The van der Waals surface area contributed by atoms with Crippen molar-refractivity contribution in [3.63, 3.8) is 0 Å². The van der Waals surface area contributed by atoms with Gasteiger partial charge in [-0.15, -0.1) is 0 Å². The fourth-order valence-corrected chi connectivity index (χ4v) is 0.963. The van der Waals surface area contributed by atoms with E-state index in [0.717, 1.165) is 0 Å². The van der Waals surface area contributed by atoms with Gasteiger partial charge in [0.15, 0.2) is 0 Å². The zero-order chi connectivity index (χ0) is 11.2. The minimum absolute atomic E-state index is 0.0543. The molecule has 1 unspecified atom stereocenters. The van der Waals surface area contributed by atoms with Crippen molar-refractivity contribution in [1.82, 2.24) is 10.6 Å². The lowest BCUT2D eigenvalue weighted by Crippen LogP contribution is -2.40. The molecule has 0 aliphatic rings. The highest BCUT2D eigenvalue weighted by molar-refractivity contribution is 5.78. The van der Waals surface area contributed by atoms with Crippen LogP contribution < -0.4 is 10.6 Å². The maximum atomic E-state index is 11.8. The van der Waals surface area contributed by atoms with Crippen LogP contribution in [0.5, 0.6) is 0 Å². The topological polar surface area (TPSA) is 41.1 Å². The van der Waals surface area contributed by atoms with Gasteiger partial charge in [0.05, 0.1) is 13.0 Å². The maximum absolute atomic E-state index is 11.8. The fourth-order valence-electron chi connectivity index (χ4n) is 0.963. The zero-order valence-electron chi connectivity index (χ0n) is 8.24. The molecule has 1 atom stereocenters. The normalized spacial score (nSPS) is 13.8. The molecule has 0 saturated heterocycles. The molecule has 0 saturated carbocycles. The van der Waals surface area contributed by atoms with Crippen LogP contribution in [0.1, 0.15) is 20.3 Å². The molecule has 14 heavy (non-hydrogen) atoms. The first-order valence-corrected chi connectivity index (χ1v) is 4.42. The summed E-state index contributed by atoms with van der Waals surface area (Å²) in [5.74, 6) is -0.413. The summed E-state index contributed by atoms with van der Waals surface area (Å²) in [6, 6.07) is -0.874. The van der Waals surface area contributed by atoms with Gasteiger partial charge in [-0.3, -0.25) is 4.79 Å². The van der Waals surface area contributed by atoms with E-state index in [9.17, 15) is 18.0 Å². The number of rotatable bonds is 5. The van der Waals surface area contributed by atoms with E-state index in [4.69, 9.17) is 0 Å². The Morgan fingerprint density at radius 2 is 2.00 bits per heavy atom. The first-order valence-electron chi connectivity index (χ1n) is 4.42. The Morgan fingerprint density at radius 3 is 2.43 bits per heavy atom. The van der Waals surface area contributed by atoms with Gasteiger partial charge in [0.1, 0.15) is 0 Å². The second-order valence-electron chi connectivity index (χ2n) is 3.07. The minimum Gasteiger partial charge on any atom is -0.352 e. The van der Waals surface area contributed by atoms with Crippen LogP contribution in [0.4, 0.5) is 13.2 Å². The number of carbonyl (C=O) groups excluding carboxylic acids is 1. The quantitative estimate of drug-likeness (QED) is 0.715. The van der Waals surface area contributed by atoms with E-state index in [1.165, 1.54) is 6.92 Å². The molecule has 1 amide bonds. The summed E-state index contributed by atoms with van der Waals surface area (Å²) >= 11 is 0. The standard InChI is InChI=1S/C8H15F3N2O/c1-3-12-5-7(14)13-6(2)4-8(9,10)11/h6,12H,3-5H2,1-2H3,(H,13,14). The number of amides is 1. The first-order chi connectivity index (χ1) is 6.35. The third kappa shape index (κ3) is 7.85. The molecule has 0 bridgehead atoms. The molecular weight excluding hydrogens is 197 g/mol. The molecule has 0 heterocycles. The van der Waals surface area contributed by atoms with Crippen LogP contribution in [0.2, 0.25) is 0 Å². The van der Waals surface area contributed by atoms with Crippen molar-refractivity contribution in [2.24, 2.45) is 0 Å². The fraction of sp³-hybridized carbons (Fsp3) is 0.875. The smallest absolute Gasteiger partial charge is 0.352 e. The summed E-state index contributed by atoms with van der Waals surface area (Å²) in [4.78, 5) is 11.0. The van der Waals surface area contributed by atoms with Crippen LogP contribution in [0.3, 0.4) is 0 Å². The summed E-state index contributed by atoms with van der Waals surface area (Å²) < 4.78 is 35.5. The molecule has 0 aliphatic carbocycles. The largest absolute Gasteiger partial charge is 0.391 e. The van der Waals surface area contributed by atoms with E-state index < -0.39 is 24.5 Å². The SMILES string of the molecule is CCNCC(=O)NC(C)CC(F)(F)F. The van der Waals surface area contributed by atoms with Crippen molar-refractivity contribution in [2.45, 2.75) is 32.5 Å². The van der Waals surface area contributed by atoms with Crippen LogP contribution in [0, 0.1) is 0 Å². The molecule has 6 heteroatoms. The highest BCUT2D eigenvalue weighted by Gasteiger charge is 2.30. The lowest BCUT2D eigenvalue weighted by atomic mass is 10.2. The molecule has 0 aromatic carbocycles. The highest BCUT2D eigenvalue weighted by atomic mass is 19.4. The van der Waals surface area contributed by atoms with Gasteiger partial charge in [-0.05, 0) is 13.5 Å². The molecule has 0 rings (SSSR count). The number of alkyl halides is 3. The zero-order valence-corrected chi connectivity index (χ0v) is 8.24. The summed E-state index contributed by atoms with van der Waals surface area (Å²) in [5.41, 5.74) is 0. The number of halogens is 3. The third-order valence-electron chi connectivity index (χ3n) is 1.48. The molecule has 0 spiro atoms. The van der Waals surface area contributed by atoms with Crippen molar-refractivity contribution >= 4 is 5.91 Å². The summed E-state index contributed by atoms with van der Waals surface area (Å²) in [5, 5.41) is 4.97. The average Bonchev–Trinajstić information content (AvgIpc) is 1.96. The molecule has 0 fully saturated rings. The van der Waals surface area contributed by atoms with E-state index in [2.05, 4.69) is 10.6 Å². The summed E-state index contributed by atoms with van der Waals surface area (Å²) in [7, 11) is 0. The van der Waals surface area contributed by atoms with Gasteiger partial charge in [-0.2, -0.15) is 13.2 Å². The van der Waals surface area contributed by atoms with Gasteiger partial charge in [0.25, 0.3) is 0 Å². The van der Waals surface area contributed by atoms with Crippen molar-refractivity contribution < 1.29 is 18.0 Å². The highest BCUT2D eigenvalue weighted by Crippen LogP contribution is 2.21. The number of likely N-dealkylation sites (N-methyl/N-ethyl adjacent to an activating group) is 1. The second kappa shape index (κ2) is 5.85. The van der Waals surface area contributed by atoms with Crippen molar-refractivity contribution in [2.75, 3.05) is 13.1 Å². The molecule has 84 valence electrons. The third-order valence-corrected chi connectivity index (χ3v) is 1.48. The average molecular weight is 212 g/mol. The van der Waals surface area contributed by atoms with Crippen LogP contribution in [0.15, 0.2) is 0 Å². The summed E-state index contributed by atoms with van der Waals surface area (Å²) in [6.45, 7) is 3.81. The predicted molar refractivity (Wildman–Crippen MR) is 46.8 cm³/mol. The Hall–Kier alpha value is -0.780. The lowest BCUT2D eigenvalue weighted by Gasteiger charge is -2.15. The Morgan fingerprint density at radius 1 is 1.43 bits per heavy atom. The van der Waals surface area contributed by atoms with Gasteiger partial charge in [0.2, 0.25) is 5.91 Å². The van der Waals surface area contributed by atoms with Crippen LogP contribution in [-0.2, 0) is 4.79 Å². The van der Waals surface area contributed by atoms with E-state index in [-0.39, 0.29) is 6.54 Å². The van der Waals surface area contributed by atoms with Gasteiger partial charge < -0.3 is 10.6 Å². The number of hydrogen-bond acceptors (Lipinski definition) is 2. The molecule has 3 nitrogen and oxygen atoms in total. The Balaban J connectivity index is 3.71. The molecule has 0 aliphatic heterocycles. The van der Waals surface area contributed by atoms with Crippen molar-refractivity contribution in [3.8, 4) is 0 Å². The molecule has 0 aromatic rings. The number of hydrogen-bond donors (Lipinski definition) is 2. The first kappa shape index (κ1) is 13.2. The maximum Gasteiger partial charge on any atom is 0.391 e. The summed E-state index contributed by atoms with van der Waals surface area (Å²) in [6.07, 6.45) is -5.23. The van der Waals surface area contributed by atoms with Crippen LogP contribution in [0.25, 0.3) is 0 Å². The Bertz CT molecular complexity index is 182. The van der Waals surface area contributed by atoms with E-state index in [1.54, 1.807) is 0 Å². The predicted octanol–water partition coefficient (Wildman–Crippen LogP) is 1.05. The second-order valence-corrected chi connectivity index (χ2v) is 3.07. The van der Waals surface area contributed by atoms with Crippen LogP contribution >= 0.6 is 0 Å². The van der Waals surface area contributed by atoms with E-state index in [1.807, 2.05) is 6.92 Å². The van der Waals surface area contributed by atoms with Gasteiger partial charge in [-0.25, -0.2) is 0 Å². The van der Waals surface area contributed by atoms with Crippen molar-refractivity contribution in [3.05, 3.63) is 0 Å². The number of carbonyl (C=O) groups is 1. The monoisotopic (exact) mass is 212 g/mol. The van der Waals surface area contributed by atoms with Gasteiger partial charge >= 0.3 is 6.18 Å². The molecular formula is C8H15F3N2O. The number of nitrogens with one attached hydrogen (secondary N) is 2. The Labute approximate surface area is 81.1 Å². The molecule has 0 aromatic heterocycles. The van der Waals surface area contributed by atoms with Gasteiger partial charge in [-0.1, -0.05) is 6.92 Å². The molecule has 2 N–H and O–H groups in total.